The summed E-state index contributed by atoms with van der Waals surface area (Å²) in [6.45, 7) is 0. The molecule has 0 aliphatic carbocycles. The van der Waals surface area contributed by atoms with Gasteiger partial charge in [-0.25, -0.2) is 0 Å². The number of halogens is 6. The summed E-state index contributed by atoms with van der Waals surface area (Å²) in [4.78, 5) is 12.5. The van der Waals surface area contributed by atoms with E-state index in [-0.39, 0.29) is 5.30 Å². The molecule has 0 aliphatic rings. The van der Waals surface area contributed by atoms with Crippen molar-refractivity contribution in [3.63, 3.8) is 0 Å². The van der Waals surface area contributed by atoms with Crippen LogP contribution in [0.3, 0.4) is 0 Å². The fourth-order valence-electron chi connectivity index (χ4n) is 2.69. The molecule has 0 heterocycles. The molecule has 0 fully saturated rings. The second-order valence-electron chi connectivity index (χ2n) is 6.12. The van der Waals surface area contributed by atoms with Crippen molar-refractivity contribution < 1.29 is 35.9 Å². The lowest BCUT2D eigenvalue weighted by molar-refractivity contribution is -0.143. The van der Waals surface area contributed by atoms with Crippen LogP contribution >= 0.6 is 8.58 Å². The number of ether oxygens (including phenoxy) is 1. The average molecular weight is 442 g/mol. The van der Waals surface area contributed by atoms with E-state index in [4.69, 9.17) is 4.74 Å². The molecule has 0 radical (unpaired) electrons. The number of benzene rings is 3. The summed E-state index contributed by atoms with van der Waals surface area (Å²) in [6.07, 6.45) is -10.2. The smallest absolute Gasteiger partial charge is 0.417 e. The normalized spacial score (nSPS) is 12.3. The van der Waals surface area contributed by atoms with Crippen LogP contribution in [0.5, 0.6) is 11.5 Å². The number of para-hydroxylation sites is 1. The van der Waals surface area contributed by atoms with E-state index in [1.807, 2.05) is 0 Å². The van der Waals surface area contributed by atoms with E-state index in [9.17, 15) is 31.1 Å². The van der Waals surface area contributed by atoms with E-state index >= 15 is 0 Å². The van der Waals surface area contributed by atoms with Gasteiger partial charge >= 0.3 is 12.4 Å². The lowest BCUT2D eigenvalue weighted by Crippen LogP contribution is -2.19. The third kappa shape index (κ3) is 5.19. The first-order chi connectivity index (χ1) is 14.1. The van der Waals surface area contributed by atoms with Crippen molar-refractivity contribution >= 4 is 19.4 Å². The Morgan fingerprint density at radius 1 is 0.667 bits per heavy atom. The number of rotatable bonds is 5. The summed E-state index contributed by atoms with van der Waals surface area (Å²) in [5.41, 5.74) is -5.80. The van der Waals surface area contributed by atoms with Crippen molar-refractivity contribution in [3.8, 4) is 11.5 Å². The number of hydrogen-bond donors (Lipinski definition) is 0. The van der Waals surface area contributed by atoms with Crippen molar-refractivity contribution in [1.29, 1.82) is 0 Å². The predicted molar refractivity (Wildman–Crippen MR) is 102 cm³/mol. The van der Waals surface area contributed by atoms with Gasteiger partial charge in [0.1, 0.15) is 11.5 Å². The highest BCUT2D eigenvalue weighted by Gasteiger charge is 2.42. The van der Waals surface area contributed by atoms with Crippen LogP contribution in [0, 0.1) is 0 Å². The summed E-state index contributed by atoms with van der Waals surface area (Å²) in [5, 5.41) is 0.283. The first kappa shape index (κ1) is 21.8. The Morgan fingerprint density at radius 3 is 1.67 bits per heavy atom. The van der Waals surface area contributed by atoms with Crippen molar-refractivity contribution in [1.82, 2.24) is 0 Å². The maximum Gasteiger partial charge on any atom is 0.417 e. The minimum absolute atomic E-state index is 0.283. The summed E-state index contributed by atoms with van der Waals surface area (Å²) in [5.74, 6) is 0.964. The van der Waals surface area contributed by atoms with E-state index in [1.54, 1.807) is 30.3 Å². The molecule has 156 valence electrons. The molecule has 3 aromatic rings. The lowest BCUT2D eigenvalue weighted by Gasteiger charge is -2.17. The summed E-state index contributed by atoms with van der Waals surface area (Å²) >= 11 is 0. The van der Waals surface area contributed by atoms with Crippen LogP contribution in [0.4, 0.5) is 26.3 Å². The van der Waals surface area contributed by atoms with E-state index in [0.29, 0.717) is 29.7 Å². The van der Waals surface area contributed by atoms with E-state index in [0.717, 1.165) is 0 Å². The zero-order valence-corrected chi connectivity index (χ0v) is 16.0. The number of carbonyl (C=O) groups is 1. The third-order valence-electron chi connectivity index (χ3n) is 3.99. The van der Waals surface area contributed by atoms with Crippen molar-refractivity contribution in [3.05, 3.63) is 89.5 Å². The minimum atomic E-state index is -5.09. The highest BCUT2D eigenvalue weighted by atomic mass is 31.1. The molecule has 0 amide bonds. The second kappa shape index (κ2) is 8.48. The molecule has 0 spiro atoms. The Morgan fingerprint density at radius 2 is 1.17 bits per heavy atom. The van der Waals surface area contributed by atoms with Crippen LogP contribution in [0.1, 0.15) is 21.5 Å². The topological polar surface area (TPSA) is 26.3 Å². The van der Waals surface area contributed by atoms with Crippen LogP contribution in [0.2, 0.25) is 0 Å². The fraction of sp³-hybridized carbons (Fsp3) is 0.0952. The van der Waals surface area contributed by atoms with Gasteiger partial charge in [-0.2, -0.15) is 26.3 Å². The Balaban J connectivity index is 1.87. The quantitative estimate of drug-likeness (QED) is 0.326. The zero-order chi connectivity index (χ0) is 21.9. The molecule has 0 saturated heterocycles. The highest BCUT2D eigenvalue weighted by Crippen LogP contribution is 2.41. The van der Waals surface area contributed by atoms with Gasteiger partial charge in [-0.1, -0.05) is 36.4 Å². The van der Waals surface area contributed by atoms with Gasteiger partial charge in [0, 0.05) is 5.56 Å². The van der Waals surface area contributed by atoms with Gasteiger partial charge in [-0.05, 0) is 50.3 Å². The van der Waals surface area contributed by atoms with Crippen molar-refractivity contribution in [2.45, 2.75) is 12.4 Å². The van der Waals surface area contributed by atoms with Crippen LogP contribution in [0.15, 0.2) is 72.8 Å². The Labute approximate surface area is 169 Å². The zero-order valence-electron chi connectivity index (χ0n) is 15.0. The van der Waals surface area contributed by atoms with Crippen LogP contribution in [-0.4, -0.2) is 5.52 Å². The molecule has 30 heavy (non-hydrogen) atoms. The van der Waals surface area contributed by atoms with Crippen molar-refractivity contribution in [2.24, 2.45) is 0 Å². The molecule has 1 atom stereocenters. The molecule has 0 aliphatic heterocycles. The standard InChI is InChI=1S/C21H13F6O2P/c22-20(23,24)16-7-4-8-17(21(25,26)27)18(16)19(28)30-15-11-9-14(10-12-15)29-13-5-2-1-3-6-13/h1-12,30H. The maximum atomic E-state index is 13.2. The van der Waals surface area contributed by atoms with Gasteiger partial charge in [-0.15, -0.1) is 0 Å². The van der Waals surface area contributed by atoms with Gasteiger partial charge in [-0.3, -0.25) is 4.79 Å². The third-order valence-corrected chi connectivity index (χ3v) is 5.09. The predicted octanol–water partition coefficient (Wildman–Crippen LogP) is 6.66. The van der Waals surface area contributed by atoms with Crippen molar-refractivity contribution in [2.75, 3.05) is 0 Å². The van der Waals surface area contributed by atoms with Crippen LogP contribution in [-0.2, 0) is 12.4 Å². The SMILES string of the molecule is O=C(Pc1ccc(Oc2ccccc2)cc1)c1c(C(F)(F)F)cccc1C(F)(F)F. The number of alkyl halides is 6. The molecular formula is C21H13F6O2P. The summed E-state index contributed by atoms with van der Waals surface area (Å²) < 4.78 is 85.0. The molecule has 3 aromatic carbocycles. The minimum Gasteiger partial charge on any atom is -0.457 e. The van der Waals surface area contributed by atoms with Gasteiger partial charge in [0.05, 0.1) is 11.1 Å². The van der Waals surface area contributed by atoms with Gasteiger partial charge in [0.25, 0.3) is 0 Å². The first-order valence-corrected chi connectivity index (χ1v) is 9.47. The van der Waals surface area contributed by atoms with Gasteiger partial charge in [0.15, 0.2) is 5.52 Å². The van der Waals surface area contributed by atoms with Crippen LogP contribution < -0.4 is 10.0 Å². The Kier molecular flexibility index (Phi) is 6.17. The molecular weight excluding hydrogens is 429 g/mol. The second-order valence-corrected chi connectivity index (χ2v) is 7.40. The van der Waals surface area contributed by atoms with E-state index in [1.165, 1.54) is 24.3 Å². The highest BCUT2D eigenvalue weighted by molar-refractivity contribution is 7.66. The molecule has 3 rings (SSSR count). The Hall–Kier alpha value is -2.86. The molecule has 0 bridgehead atoms. The molecule has 0 saturated carbocycles. The fourth-order valence-corrected chi connectivity index (χ4v) is 3.68. The largest absolute Gasteiger partial charge is 0.457 e. The first-order valence-electron chi connectivity index (χ1n) is 8.47. The van der Waals surface area contributed by atoms with E-state index < -0.39 is 43.1 Å². The lowest BCUT2D eigenvalue weighted by atomic mass is 10.0. The average Bonchev–Trinajstić information content (AvgIpc) is 2.68. The Bertz CT molecular complexity index is 996. The molecule has 0 aromatic heterocycles. The molecule has 0 N–H and O–H groups in total. The maximum absolute atomic E-state index is 13.2. The molecule has 2 nitrogen and oxygen atoms in total. The van der Waals surface area contributed by atoms with Gasteiger partial charge in [0.2, 0.25) is 0 Å². The number of hydrogen-bond acceptors (Lipinski definition) is 2. The monoisotopic (exact) mass is 442 g/mol. The molecule has 9 heteroatoms. The van der Waals surface area contributed by atoms with Gasteiger partial charge < -0.3 is 4.74 Å². The number of carbonyl (C=O) groups excluding carboxylic acids is 1. The summed E-state index contributed by atoms with van der Waals surface area (Å²) in [7, 11) is -0.924. The van der Waals surface area contributed by atoms with Crippen LogP contribution in [0.25, 0.3) is 0 Å². The van der Waals surface area contributed by atoms with E-state index in [2.05, 4.69) is 0 Å². The molecule has 1 unspecified atom stereocenters. The summed E-state index contributed by atoms with van der Waals surface area (Å²) in [6, 6.07) is 16.2.